The third kappa shape index (κ3) is 4.56. The van der Waals surface area contributed by atoms with Gasteiger partial charge in [0.05, 0.1) is 11.0 Å². The van der Waals surface area contributed by atoms with Crippen LogP contribution in [0.25, 0.3) is 10.9 Å². The molecule has 7 heteroatoms. The minimum Gasteiger partial charge on any atom is -0.347 e. The van der Waals surface area contributed by atoms with Crippen molar-refractivity contribution in [3.8, 4) is 0 Å². The second-order valence-corrected chi connectivity index (χ2v) is 7.70. The predicted octanol–water partition coefficient (Wildman–Crippen LogP) is 5.43. The molecule has 1 heterocycles. The summed E-state index contributed by atoms with van der Waals surface area (Å²) in [5.41, 5.74) is 2.57. The number of carbonyl (C=O) groups is 1. The van der Waals surface area contributed by atoms with Crippen molar-refractivity contribution in [2.45, 2.75) is 33.4 Å². The minimum atomic E-state index is -0.434. The van der Waals surface area contributed by atoms with Crippen molar-refractivity contribution in [2.24, 2.45) is 5.92 Å². The van der Waals surface area contributed by atoms with Crippen LogP contribution in [0, 0.1) is 16.0 Å². The van der Waals surface area contributed by atoms with Gasteiger partial charge in [0.1, 0.15) is 0 Å². The number of hydrogen-bond donors (Lipinski definition) is 1. The number of amides is 2. The van der Waals surface area contributed by atoms with Gasteiger partial charge in [0, 0.05) is 48.5 Å². The molecule has 29 heavy (non-hydrogen) atoms. The van der Waals surface area contributed by atoms with E-state index < -0.39 is 4.92 Å². The largest absolute Gasteiger partial charge is 0.347 e. The first kappa shape index (κ1) is 20.4. The first-order valence-corrected chi connectivity index (χ1v) is 9.63. The molecule has 1 unspecified atom stereocenters. The molecule has 1 aromatic heterocycles. The van der Waals surface area contributed by atoms with Crippen molar-refractivity contribution in [3.05, 3.63) is 70.4 Å². The number of nitrogens with zero attached hydrogens (tertiary/aromatic N) is 3. The third-order valence-corrected chi connectivity index (χ3v) is 5.05. The van der Waals surface area contributed by atoms with Gasteiger partial charge in [-0.05, 0) is 42.7 Å². The van der Waals surface area contributed by atoms with E-state index in [1.165, 1.54) is 17.0 Å². The maximum atomic E-state index is 12.7. The topological polar surface area (TPSA) is 80.4 Å². The molecule has 0 fully saturated rings. The Labute approximate surface area is 170 Å². The number of nitro groups is 1. The van der Waals surface area contributed by atoms with Crippen LogP contribution in [0.5, 0.6) is 0 Å². The fourth-order valence-corrected chi connectivity index (χ4v) is 3.34. The highest BCUT2D eigenvalue weighted by molar-refractivity contribution is 5.93. The van der Waals surface area contributed by atoms with Crippen molar-refractivity contribution in [1.82, 2.24) is 9.47 Å². The van der Waals surface area contributed by atoms with E-state index in [1.54, 1.807) is 19.2 Å². The number of aromatic nitrogens is 1. The lowest BCUT2D eigenvalue weighted by Gasteiger charge is -2.25. The van der Waals surface area contributed by atoms with Crippen LogP contribution in [-0.4, -0.2) is 27.5 Å². The van der Waals surface area contributed by atoms with E-state index in [0.717, 1.165) is 17.4 Å². The Morgan fingerprint density at radius 2 is 1.93 bits per heavy atom. The van der Waals surface area contributed by atoms with Gasteiger partial charge in [0.25, 0.3) is 5.69 Å². The van der Waals surface area contributed by atoms with E-state index in [1.807, 2.05) is 31.2 Å². The molecule has 1 N–H and O–H groups in total. The lowest BCUT2D eigenvalue weighted by molar-refractivity contribution is -0.384. The highest BCUT2D eigenvalue weighted by atomic mass is 16.6. The maximum absolute atomic E-state index is 12.7. The van der Waals surface area contributed by atoms with Gasteiger partial charge < -0.3 is 14.8 Å². The Balaban J connectivity index is 1.73. The van der Waals surface area contributed by atoms with E-state index in [-0.39, 0.29) is 17.8 Å². The van der Waals surface area contributed by atoms with Gasteiger partial charge in [0.2, 0.25) is 0 Å². The number of benzene rings is 2. The number of hydrogen-bond acceptors (Lipinski definition) is 3. The van der Waals surface area contributed by atoms with Crippen molar-refractivity contribution >= 4 is 28.3 Å². The van der Waals surface area contributed by atoms with Gasteiger partial charge >= 0.3 is 6.03 Å². The predicted molar refractivity (Wildman–Crippen MR) is 115 cm³/mol. The SMILES string of the molecule is CC(C)Cn1ccc2cc(NC(=O)N(C)C(C)c3cccc([N+](=O)[O-])c3)ccc21. The molecule has 7 nitrogen and oxygen atoms in total. The molecule has 0 spiro atoms. The average Bonchev–Trinajstić information content (AvgIpc) is 3.08. The molecule has 0 saturated carbocycles. The van der Waals surface area contributed by atoms with Gasteiger partial charge in [-0.1, -0.05) is 26.0 Å². The Morgan fingerprint density at radius 1 is 1.17 bits per heavy atom. The summed E-state index contributed by atoms with van der Waals surface area (Å²) in [4.78, 5) is 24.8. The van der Waals surface area contributed by atoms with Crippen LogP contribution in [0.15, 0.2) is 54.7 Å². The van der Waals surface area contributed by atoms with Gasteiger partial charge in [-0.2, -0.15) is 0 Å². The Morgan fingerprint density at radius 3 is 2.62 bits per heavy atom. The summed E-state index contributed by atoms with van der Waals surface area (Å²) in [6.07, 6.45) is 2.06. The van der Waals surface area contributed by atoms with Crippen molar-refractivity contribution in [1.29, 1.82) is 0 Å². The molecule has 2 aromatic carbocycles. The van der Waals surface area contributed by atoms with Crippen LogP contribution in [0.4, 0.5) is 16.2 Å². The zero-order valence-electron chi connectivity index (χ0n) is 17.1. The van der Waals surface area contributed by atoms with E-state index in [4.69, 9.17) is 0 Å². The molecule has 0 bridgehead atoms. The fraction of sp³-hybridized carbons (Fsp3) is 0.318. The molecule has 0 aliphatic heterocycles. The molecule has 2 amide bonds. The molecular formula is C22H26N4O3. The van der Waals surface area contributed by atoms with Crippen LogP contribution in [0.1, 0.15) is 32.4 Å². The Kier molecular flexibility index (Phi) is 5.87. The molecule has 3 aromatic rings. The standard InChI is InChI=1S/C22H26N4O3/c1-15(2)14-25-11-10-18-12-19(8-9-21(18)25)23-22(27)24(4)16(3)17-6-5-7-20(13-17)26(28)29/h5-13,15-16H,14H2,1-4H3,(H,23,27). The highest BCUT2D eigenvalue weighted by Gasteiger charge is 2.19. The number of non-ortho nitro benzene ring substituents is 1. The number of nitrogens with one attached hydrogen (secondary N) is 1. The summed E-state index contributed by atoms with van der Waals surface area (Å²) in [6.45, 7) is 7.14. The van der Waals surface area contributed by atoms with Crippen LogP contribution < -0.4 is 5.32 Å². The molecule has 0 aliphatic rings. The van der Waals surface area contributed by atoms with Gasteiger partial charge in [0.15, 0.2) is 0 Å². The summed E-state index contributed by atoms with van der Waals surface area (Å²) < 4.78 is 2.21. The van der Waals surface area contributed by atoms with Crippen molar-refractivity contribution in [3.63, 3.8) is 0 Å². The van der Waals surface area contributed by atoms with Crippen molar-refractivity contribution < 1.29 is 9.72 Å². The smallest absolute Gasteiger partial charge is 0.322 e. The second-order valence-electron chi connectivity index (χ2n) is 7.70. The Hall–Kier alpha value is -3.35. The Bertz CT molecular complexity index is 1040. The zero-order chi connectivity index (χ0) is 21.1. The average molecular weight is 394 g/mol. The summed E-state index contributed by atoms with van der Waals surface area (Å²) in [7, 11) is 1.68. The van der Waals surface area contributed by atoms with Crippen LogP contribution in [-0.2, 0) is 6.54 Å². The quantitative estimate of drug-likeness (QED) is 0.447. The molecule has 0 aliphatic carbocycles. The van der Waals surface area contributed by atoms with Crippen LogP contribution >= 0.6 is 0 Å². The van der Waals surface area contributed by atoms with E-state index in [2.05, 4.69) is 29.9 Å². The van der Waals surface area contributed by atoms with Gasteiger partial charge in [-0.25, -0.2) is 4.79 Å². The number of urea groups is 1. The first-order valence-electron chi connectivity index (χ1n) is 9.63. The van der Waals surface area contributed by atoms with E-state index >= 15 is 0 Å². The van der Waals surface area contributed by atoms with Crippen LogP contribution in [0.3, 0.4) is 0 Å². The number of rotatable bonds is 6. The molecule has 1 atom stereocenters. The first-order chi connectivity index (χ1) is 13.8. The fourth-order valence-electron chi connectivity index (χ4n) is 3.34. The lowest BCUT2D eigenvalue weighted by atomic mass is 10.1. The summed E-state index contributed by atoms with van der Waals surface area (Å²) in [6, 6.07) is 13.7. The monoisotopic (exact) mass is 394 g/mol. The molecule has 0 saturated heterocycles. The molecule has 152 valence electrons. The van der Waals surface area contributed by atoms with E-state index in [0.29, 0.717) is 17.2 Å². The van der Waals surface area contributed by atoms with Gasteiger partial charge in [-0.3, -0.25) is 10.1 Å². The number of carbonyl (C=O) groups excluding carboxylic acids is 1. The normalized spacial score (nSPS) is 12.2. The molecule has 3 rings (SSSR count). The van der Waals surface area contributed by atoms with Crippen LogP contribution in [0.2, 0.25) is 0 Å². The number of anilines is 1. The third-order valence-electron chi connectivity index (χ3n) is 5.05. The zero-order valence-corrected chi connectivity index (χ0v) is 17.1. The number of nitro benzene ring substituents is 1. The minimum absolute atomic E-state index is 0.0134. The van der Waals surface area contributed by atoms with Crippen molar-refractivity contribution in [2.75, 3.05) is 12.4 Å². The summed E-state index contributed by atoms with van der Waals surface area (Å²) in [5, 5.41) is 15.0. The maximum Gasteiger partial charge on any atom is 0.322 e. The lowest BCUT2D eigenvalue weighted by Crippen LogP contribution is -2.33. The molecule has 0 radical (unpaired) electrons. The highest BCUT2D eigenvalue weighted by Crippen LogP contribution is 2.25. The summed E-state index contributed by atoms with van der Waals surface area (Å²) >= 11 is 0. The number of fused-ring (bicyclic) bond motifs is 1. The van der Waals surface area contributed by atoms with E-state index in [9.17, 15) is 14.9 Å². The molecular weight excluding hydrogens is 368 g/mol. The summed E-state index contributed by atoms with van der Waals surface area (Å²) in [5.74, 6) is 0.550. The second kappa shape index (κ2) is 8.34. The van der Waals surface area contributed by atoms with Gasteiger partial charge in [-0.15, -0.1) is 0 Å².